The van der Waals surface area contributed by atoms with Crippen LogP contribution in [0.2, 0.25) is 0 Å². The minimum absolute atomic E-state index is 0.182. The van der Waals surface area contributed by atoms with Gasteiger partial charge in [-0.25, -0.2) is 13.1 Å². The van der Waals surface area contributed by atoms with Crippen LogP contribution in [0.15, 0.2) is 29.2 Å². The first-order valence-corrected chi connectivity index (χ1v) is 10.9. The Balaban J connectivity index is 1.50. The highest BCUT2D eigenvalue weighted by Crippen LogP contribution is 2.32. The zero-order valence-electron chi connectivity index (χ0n) is 14.7. The Kier molecular flexibility index (Phi) is 6.12. The predicted octanol–water partition coefficient (Wildman–Crippen LogP) is 3.03. The minimum atomic E-state index is -3.47. The number of hydrogen-bond donors (Lipinski definition) is 1. The van der Waals surface area contributed by atoms with Crippen molar-refractivity contribution in [2.75, 3.05) is 19.6 Å². The lowest BCUT2D eigenvalue weighted by molar-refractivity contribution is -0.127. The van der Waals surface area contributed by atoms with Crippen LogP contribution >= 0.6 is 0 Å². The third-order valence-electron chi connectivity index (χ3n) is 5.34. The van der Waals surface area contributed by atoms with Crippen LogP contribution in [0.1, 0.15) is 62.8 Å². The van der Waals surface area contributed by atoms with Crippen LogP contribution in [0.3, 0.4) is 0 Å². The lowest BCUT2D eigenvalue weighted by Crippen LogP contribution is -2.30. The van der Waals surface area contributed by atoms with E-state index in [9.17, 15) is 13.2 Å². The quantitative estimate of drug-likeness (QED) is 0.756. The number of amides is 1. The highest BCUT2D eigenvalue weighted by Gasteiger charge is 2.20. The van der Waals surface area contributed by atoms with Crippen LogP contribution in [0.4, 0.5) is 0 Å². The number of carbonyl (C=O) groups excluding carboxylic acids is 1. The molecule has 1 aliphatic carbocycles. The SMILES string of the molecule is O=C1CCCN1CCCNS(=O)(=O)c1ccc(C2CCCCC2)cc1. The monoisotopic (exact) mass is 364 g/mol. The Morgan fingerprint density at radius 3 is 2.40 bits per heavy atom. The van der Waals surface area contributed by atoms with Crippen molar-refractivity contribution in [3.8, 4) is 0 Å². The molecule has 0 spiro atoms. The van der Waals surface area contributed by atoms with E-state index in [0.29, 0.717) is 36.7 Å². The van der Waals surface area contributed by atoms with Gasteiger partial charge in [0, 0.05) is 26.1 Å². The van der Waals surface area contributed by atoms with Gasteiger partial charge in [0.2, 0.25) is 15.9 Å². The fraction of sp³-hybridized carbons (Fsp3) is 0.632. The third kappa shape index (κ3) is 4.82. The van der Waals surface area contributed by atoms with Gasteiger partial charge in [0.15, 0.2) is 0 Å². The molecule has 6 heteroatoms. The summed E-state index contributed by atoms with van der Waals surface area (Å²) >= 11 is 0. The average Bonchev–Trinajstić information content (AvgIpc) is 3.05. The molecule has 1 aromatic rings. The number of hydrogen-bond acceptors (Lipinski definition) is 3. The zero-order chi connectivity index (χ0) is 17.7. The van der Waals surface area contributed by atoms with Crippen molar-refractivity contribution >= 4 is 15.9 Å². The minimum Gasteiger partial charge on any atom is -0.343 e. The van der Waals surface area contributed by atoms with Gasteiger partial charge in [0.1, 0.15) is 0 Å². The van der Waals surface area contributed by atoms with Gasteiger partial charge in [-0.3, -0.25) is 4.79 Å². The van der Waals surface area contributed by atoms with Crippen molar-refractivity contribution in [2.45, 2.75) is 62.2 Å². The number of carbonyl (C=O) groups is 1. The molecule has 3 rings (SSSR count). The summed E-state index contributed by atoms with van der Waals surface area (Å²) in [7, 11) is -3.47. The topological polar surface area (TPSA) is 66.5 Å². The predicted molar refractivity (Wildman–Crippen MR) is 97.9 cm³/mol. The molecule has 1 heterocycles. The van der Waals surface area contributed by atoms with Crippen LogP contribution in [0, 0.1) is 0 Å². The average molecular weight is 365 g/mol. The van der Waals surface area contributed by atoms with Crippen molar-refractivity contribution in [1.29, 1.82) is 0 Å². The summed E-state index contributed by atoms with van der Waals surface area (Å²) in [5, 5.41) is 0. The molecule has 2 aliphatic rings. The molecule has 5 nitrogen and oxygen atoms in total. The van der Waals surface area contributed by atoms with Gasteiger partial charge < -0.3 is 4.90 Å². The highest BCUT2D eigenvalue weighted by atomic mass is 32.2. The molecule has 1 aromatic carbocycles. The molecule has 0 radical (unpaired) electrons. The first-order chi connectivity index (χ1) is 12.1. The van der Waals surface area contributed by atoms with E-state index in [1.807, 2.05) is 17.0 Å². The number of benzene rings is 1. The molecule has 1 amide bonds. The maximum Gasteiger partial charge on any atom is 0.240 e. The van der Waals surface area contributed by atoms with Gasteiger partial charge in [-0.1, -0.05) is 31.4 Å². The van der Waals surface area contributed by atoms with E-state index in [2.05, 4.69) is 4.72 Å². The largest absolute Gasteiger partial charge is 0.343 e. The van der Waals surface area contributed by atoms with E-state index < -0.39 is 10.0 Å². The number of likely N-dealkylation sites (tertiary alicyclic amines) is 1. The van der Waals surface area contributed by atoms with E-state index in [1.165, 1.54) is 37.7 Å². The fourth-order valence-electron chi connectivity index (χ4n) is 3.86. The second-order valence-corrected chi connectivity index (χ2v) is 8.91. The molecule has 0 atom stereocenters. The van der Waals surface area contributed by atoms with Gasteiger partial charge in [0.05, 0.1) is 4.90 Å². The Labute approximate surface area is 150 Å². The Morgan fingerprint density at radius 2 is 1.76 bits per heavy atom. The molecule has 0 bridgehead atoms. The zero-order valence-corrected chi connectivity index (χ0v) is 15.6. The highest BCUT2D eigenvalue weighted by molar-refractivity contribution is 7.89. The van der Waals surface area contributed by atoms with Crippen molar-refractivity contribution in [3.63, 3.8) is 0 Å². The maximum absolute atomic E-state index is 12.4. The lowest BCUT2D eigenvalue weighted by atomic mass is 9.84. The maximum atomic E-state index is 12.4. The van der Waals surface area contributed by atoms with E-state index >= 15 is 0 Å². The Bertz CT molecular complexity index is 679. The van der Waals surface area contributed by atoms with Gasteiger partial charge in [-0.2, -0.15) is 0 Å². The van der Waals surface area contributed by atoms with E-state index in [4.69, 9.17) is 0 Å². The summed E-state index contributed by atoms with van der Waals surface area (Å²) in [6, 6.07) is 7.37. The molecule has 1 N–H and O–H groups in total. The third-order valence-corrected chi connectivity index (χ3v) is 6.81. The molecular weight excluding hydrogens is 336 g/mol. The second kappa shape index (κ2) is 8.32. The van der Waals surface area contributed by atoms with Crippen molar-refractivity contribution in [2.24, 2.45) is 0 Å². The van der Waals surface area contributed by atoms with Crippen LogP contribution in [-0.4, -0.2) is 38.9 Å². The summed E-state index contributed by atoms with van der Waals surface area (Å²) in [4.78, 5) is 13.7. The molecule has 25 heavy (non-hydrogen) atoms. The van der Waals surface area contributed by atoms with Crippen LogP contribution in [0.5, 0.6) is 0 Å². The van der Waals surface area contributed by atoms with Crippen LogP contribution < -0.4 is 4.72 Å². The smallest absolute Gasteiger partial charge is 0.240 e. The van der Waals surface area contributed by atoms with Gasteiger partial charge in [-0.15, -0.1) is 0 Å². The summed E-state index contributed by atoms with van der Waals surface area (Å²) in [6.45, 7) is 1.78. The first-order valence-electron chi connectivity index (χ1n) is 9.44. The van der Waals surface area contributed by atoms with Gasteiger partial charge >= 0.3 is 0 Å². The summed E-state index contributed by atoms with van der Waals surface area (Å²) in [5.74, 6) is 0.762. The van der Waals surface area contributed by atoms with Gasteiger partial charge in [0.25, 0.3) is 0 Å². The molecule has 1 saturated carbocycles. The summed E-state index contributed by atoms with van der Waals surface area (Å²) in [6.07, 6.45) is 8.45. The first kappa shape index (κ1) is 18.4. The van der Waals surface area contributed by atoms with Gasteiger partial charge in [-0.05, 0) is 49.3 Å². The molecular formula is C19H28N2O3S. The summed E-state index contributed by atoms with van der Waals surface area (Å²) < 4.78 is 27.4. The number of sulfonamides is 1. The van der Waals surface area contributed by atoms with Crippen molar-refractivity contribution in [3.05, 3.63) is 29.8 Å². The fourth-order valence-corrected chi connectivity index (χ4v) is 4.93. The molecule has 138 valence electrons. The van der Waals surface area contributed by atoms with Crippen molar-refractivity contribution < 1.29 is 13.2 Å². The normalized spacial score (nSPS) is 19.5. The number of nitrogens with zero attached hydrogens (tertiary/aromatic N) is 1. The van der Waals surface area contributed by atoms with E-state index in [0.717, 1.165) is 13.0 Å². The van der Waals surface area contributed by atoms with E-state index in [1.54, 1.807) is 12.1 Å². The van der Waals surface area contributed by atoms with Crippen LogP contribution in [-0.2, 0) is 14.8 Å². The number of rotatable bonds is 7. The lowest BCUT2D eigenvalue weighted by Gasteiger charge is -2.22. The molecule has 0 aromatic heterocycles. The molecule has 2 fully saturated rings. The molecule has 0 unspecified atom stereocenters. The Hall–Kier alpha value is -1.40. The Morgan fingerprint density at radius 1 is 1.04 bits per heavy atom. The van der Waals surface area contributed by atoms with Crippen LogP contribution in [0.25, 0.3) is 0 Å². The van der Waals surface area contributed by atoms with E-state index in [-0.39, 0.29) is 5.91 Å². The molecule has 1 aliphatic heterocycles. The number of nitrogens with one attached hydrogen (secondary N) is 1. The standard InChI is InChI=1S/C19H28N2O3S/c22-19-8-4-14-21(19)15-5-13-20-25(23,24)18-11-9-17(10-12-18)16-6-2-1-3-7-16/h9-12,16,20H,1-8,13-15H2. The summed E-state index contributed by atoms with van der Waals surface area (Å²) in [5.41, 5.74) is 1.26. The molecule has 1 saturated heterocycles. The van der Waals surface area contributed by atoms with Crippen molar-refractivity contribution in [1.82, 2.24) is 9.62 Å². The second-order valence-electron chi connectivity index (χ2n) is 7.14.